The highest BCUT2D eigenvalue weighted by atomic mass is 16.6. The van der Waals surface area contributed by atoms with Gasteiger partial charge in [-0.25, -0.2) is 0 Å². The van der Waals surface area contributed by atoms with Gasteiger partial charge in [0.1, 0.15) is 5.75 Å². The van der Waals surface area contributed by atoms with Crippen LogP contribution in [0.2, 0.25) is 0 Å². The Hall–Kier alpha value is -3.34. The topological polar surface area (TPSA) is 51.1 Å². The fourth-order valence-electron chi connectivity index (χ4n) is 3.85. The van der Waals surface area contributed by atoms with Crippen molar-refractivity contribution in [3.8, 4) is 5.75 Å². The zero-order valence-corrected chi connectivity index (χ0v) is 17.4. The summed E-state index contributed by atoms with van der Waals surface area (Å²) < 4.78 is 5.22. The van der Waals surface area contributed by atoms with Crippen LogP contribution in [0.3, 0.4) is 0 Å². The van der Waals surface area contributed by atoms with E-state index in [0.717, 1.165) is 39.8 Å². The van der Waals surface area contributed by atoms with Crippen LogP contribution in [0.1, 0.15) is 35.7 Å². The van der Waals surface area contributed by atoms with Crippen LogP contribution in [0, 0.1) is 0 Å². The van der Waals surface area contributed by atoms with Crippen LogP contribution in [-0.4, -0.2) is 42.8 Å². The van der Waals surface area contributed by atoms with E-state index in [0.29, 0.717) is 19.5 Å². The third-order valence-electron chi connectivity index (χ3n) is 5.38. The van der Waals surface area contributed by atoms with Crippen LogP contribution in [0.15, 0.2) is 71.9 Å². The molecule has 0 fully saturated rings. The Morgan fingerprint density at radius 2 is 1.87 bits per heavy atom. The molecule has 5 nitrogen and oxygen atoms in total. The van der Waals surface area contributed by atoms with Crippen molar-refractivity contribution in [3.63, 3.8) is 0 Å². The van der Waals surface area contributed by atoms with Crippen molar-refractivity contribution in [2.75, 3.05) is 20.2 Å². The second-order valence-corrected chi connectivity index (χ2v) is 7.48. The number of rotatable bonds is 7. The lowest BCUT2D eigenvalue weighted by atomic mass is 10.0. The molecule has 4 rings (SSSR count). The van der Waals surface area contributed by atoms with Crippen LogP contribution >= 0.6 is 0 Å². The fourth-order valence-corrected chi connectivity index (χ4v) is 3.85. The Kier molecular flexibility index (Phi) is 5.98. The van der Waals surface area contributed by atoms with E-state index in [4.69, 9.17) is 9.57 Å². The molecular formula is C25H26N2O3. The quantitative estimate of drug-likeness (QED) is 0.565. The van der Waals surface area contributed by atoms with E-state index in [2.05, 4.69) is 12.1 Å². The van der Waals surface area contributed by atoms with Crippen LogP contribution < -0.4 is 4.74 Å². The predicted octanol–water partition coefficient (Wildman–Crippen LogP) is 4.89. The molecule has 0 saturated heterocycles. The SMILES string of the molecule is CCCN(CC1CC(c2ccc(OC)cc2)=NO1)C(=O)c1cccc2ccccc12. The number of benzene rings is 3. The Bertz CT molecular complexity index is 1050. The molecule has 1 unspecified atom stereocenters. The Balaban J connectivity index is 1.48. The minimum Gasteiger partial charge on any atom is -0.497 e. The zero-order valence-electron chi connectivity index (χ0n) is 17.4. The number of hydrogen-bond donors (Lipinski definition) is 0. The summed E-state index contributed by atoms with van der Waals surface area (Å²) in [6.07, 6.45) is 1.41. The van der Waals surface area contributed by atoms with Crippen molar-refractivity contribution in [1.29, 1.82) is 0 Å². The van der Waals surface area contributed by atoms with Crippen molar-refractivity contribution >= 4 is 22.4 Å². The van der Waals surface area contributed by atoms with Gasteiger partial charge in [0.25, 0.3) is 5.91 Å². The average Bonchev–Trinajstić information content (AvgIpc) is 3.26. The first-order chi connectivity index (χ1) is 14.7. The molecule has 1 aliphatic heterocycles. The number of amides is 1. The van der Waals surface area contributed by atoms with E-state index in [1.54, 1.807) is 7.11 Å². The molecule has 1 heterocycles. The predicted molar refractivity (Wildman–Crippen MR) is 119 cm³/mol. The van der Waals surface area contributed by atoms with Crippen molar-refractivity contribution in [2.24, 2.45) is 5.16 Å². The number of ether oxygens (including phenoxy) is 1. The summed E-state index contributed by atoms with van der Waals surface area (Å²) in [6.45, 7) is 3.27. The molecule has 1 amide bonds. The molecule has 30 heavy (non-hydrogen) atoms. The van der Waals surface area contributed by atoms with Crippen LogP contribution in [0.25, 0.3) is 10.8 Å². The molecule has 0 aliphatic carbocycles. The summed E-state index contributed by atoms with van der Waals surface area (Å²) >= 11 is 0. The number of fused-ring (bicyclic) bond motifs is 1. The highest BCUT2D eigenvalue weighted by Crippen LogP contribution is 2.23. The second-order valence-electron chi connectivity index (χ2n) is 7.48. The number of carbonyl (C=O) groups is 1. The van der Waals surface area contributed by atoms with E-state index in [1.807, 2.05) is 71.6 Å². The van der Waals surface area contributed by atoms with Crippen LogP contribution in [-0.2, 0) is 4.84 Å². The number of carbonyl (C=O) groups excluding carboxylic acids is 1. The van der Waals surface area contributed by atoms with E-state index >= 15 is 0 Å². The highest BCUT2D eigenvalue weighted by Gasteiger charge is 2.27. The van der Waals surface area contributed by atoms with Crippen molar-refractivity contribution in [1.82, 2.24) is 4.90 Å². The molecule has 154 valence electrons. The first-order valence-corrected chi connectivity index (χ1v) is 10.3. The molecule has 3 aromatic carbocycles. The standard InChI is InChI=1S/C25H26N2O3/c1-3-15-27(25(28)23-10-6-8-18-7-4-5-9-22(18)23)17-21-16-24(26-30-21)19-11-13-20(29-2)14-12-19/h4-14,21H,3,15-17H2,1-2H3. The minimum atomic E-state index is -0.146. The average molecular weight is 402 g/mol. The molecule has 0 spiro atoms. The van der Waals surface area contributed by atoms with Gasteiger partial charge in [-0.3, -0.25) is 4.79 Å². The van der Waals surface area contributed by atoms with E-state index in [-0.39, 0.29) is 12.0 Å². The normalized spacial score (nSPS) is 15.5. The summed E-state index contributed by atoms with van der Waals surface area (Å²) in [5.74, 6) is 0.847. The monoisotopic (exact) mass is 402 g/mol. The zero-order chi connectivity index (χ0) is 20.9. The first kappa shape index (κ1) is 20.0. The summed E-state index contributed by atoms with van der Waals surface area (Å²) in [5, 5.41) is 6.33. The lowest BCUT2D eigenvalue weighted by Gasteiger charge is -2.25. The summed E-state index contributed by atoms with van der Waals surface area (Å²) in [4.78, 5) is 21.0. The molecule has 0 aromatic heterocycles. The lowest BCUT2D eigenvalue weighted by Crippen LogP contribution is -2.38. The largest absolute Gasteiger partial charge is 0.497 e. The second kappa shape index (κ2) is 8.99. The Labute approximate surface area is 176 Å². The summed E-state index contributed by atoms with van der Waals surface area (Å²) in [5.41, 5.74) is 2.65. The number of methoxy groups -OCH3 is 1. The maximum Gasteiger partial charge on any atom is 0.254 e. The van der Waals surface area contributed by atoms with E-state index in [9.17, 15) is 4.79 Å². The van der Waals surface area contributed by atoms with Gasteiger partial charge in [0, 0.05) is 18.5 Å². The molecule has 0 bridgehead atoms. The minimum absolute atomic E-state index is 0.0372. The Morgan fingerprint density at radius 3 is 2.63 bits per heavy atom. The van der Waals surface area contributed by atoms with Gasteiger partial charge >= 0.3 is 0 Å². The van der Waals surface area contributed by atoms with Gasteiger partial charge in [-0.2, -0.15) is 0 Å². The van der Waals surface area contributed by atoms with E-state index in [1.165, 1.54) is 0 Å². The molecule has 1 aliphatic rings. The third-order valence-corrected chi connectivity index (χ3v) is 5.38. The maximum atomic E-state index is 13.4. The number of oxime groups is 1. The van der Waals surface area contributed by atoms with E-state index < -0.39 is 0 Å². The molecule has 0 radical (unpaired) electrons. The van der Waals surface area contributed by atoms with Gasteiger partial charge in [-0.15, -0.1) is 0 Å². The number of hydrogen-bond acceptors (Lipinski definition) is 4. The van der Waals surface area contributed by atoms with Gasteiger partial charge in [0.05, 0.1) is 19.4 Å². The molecule has 0 N–H and O–H groups in total. The molecule has 3 aromatic rings. The molecule has 1 atom stereocenters. The summed E-state index contributed by atoms with van der Waals surface area (Å²) in [6, 6.07) is 21.7. The Morgan fingerprint density at radius 1 is 1.10 bits per heavy atom. The first-order valence-electron chi connectivity index (χ1n) is 10.3. The van der Waals surface area contributed by atoms with Gasteiger partial charge in [-0.1, -0.05) is 48.5 Å². The highest BCUT2D eigenvalue weighted by molar-refractivity contribution is 6.07. The summed E-state index contributed by atoms with van der Waals surface area (Å²) in [7, 11) is 1.65. The van der Waals surface area contributed by atoms with Crippen molar-refractivity contribution < 1.29 is 14.4 Å². The molecule has 0 saturated carbocycles. The van der Waals surface area contributed by atoms with Crippen molar-refractivity contribution in [3.05, 3.63) is 77.9 Å². The van der Waals surface area contributed by atoms with Gasteiger partial charge in [-0.05, 0) is 53.1 Å². The van der Waals surface area contributed by atoms with Gasteiger partial charge < -0.3 is 14.5 Å². The van der Waals surface area contributed by atoms with Crippen LogP contribution in [0.4, 0.5) is 0 Å². The molecule has 5 heteroatoms. The third kappa shape index (κ3) is 4.15. The van der Waals surface area contributed by atoms with Gasteiger partial charge in [0.15, 0.2) is 6.10 Å². The van der Waals surface area contributed by atoms with Crippen molar-refractivity contribution in [2.45, 2.75) is 25.9 Å². The van der Waals surface area contributed by atoms with Crippen LogP contribution in [0.5, 0.6) is 5.75 Å². The fraction of sp³-hybridized carbons (Fsp3) is 0.280. The number of nitrogens with zero attached hydrogens (tertiary/aromatic N) is 2. The lowest BCUT2D eigenvalue weighted by molar-refractivity contribution is 0.0425. The smallest absolute Gasteiger partial charge is 0.254 e. The van der Waals surface area contributed by atoms with Gasteiger partial charge in [0.2, 0.25) is 0 Å². The molecular weight excluding hydrogens is 376 g/mol. The maximum absolute atomic E-state index is 13.4.